The summed E-state index contributed by atoms with van der Waals surface area (Å²) in [5, 5.41) is 10.4. The van der Waals surface area contributed by atoms with Crippen molar-refractivity contribution in [2.24, 2.45) is 0 Å². The second-order valence-corrected chi connectivity index (χ2v) is 8.70. The van der Waals surface area contributed by atoms with Gasteiger partial charge in [0.2, 0.25) is 0 Å². The normalized spacial score (nSPS) is 11.9. The van der Waals surface area contributed by atoms with E-state index in [2.05, 4.69) is 121 Å². The second-order valence-electron chi connectivity index (χ2n) is 8.70. The molecule has 32 heavy (non-hydrogen) atoms. The molecular formula is C31H21N. The number of para-hydroxylation sites is 1. The fourth-order valence-corrected chi connectivity index (χ4v) is 5.40. The Morgan fingerprint density at radius 2 is 1.09 bits per heavy atom. The van der Waals surface area contributed by atoms with Gasteiger partial charge < -0.3 is 4.57 Å². The molecule has 0 bridgehead atoms. The predicted octanol–water partition coefficient (Wildman–Crippen LogP) is 8.55. The number of nitrogens with zero attached hydrogens (tertiary/aromatic N) is 1. The summed E-state index contributed by atoms with van der Waals surface area (Å²) in [6.07, 6.45) is 0. The largest absolute Gasteiger partial charge is 0.309 e. The van der Waals surface area contributed by atoms with E-state index in [9.17, 15) is 0 Å². The number of rotatable bonds is 1. The van der Waals surface area contributed by atoms with Gasteiger partial charge in [0.05, 0.1) is 11.0 Å². The first kappa shape index (κ1) is 17.6. The Bertz CT molecular complexity index is 1840. The molecular weight excluding hydrogens is 386 g/mol. The van der Waals surface area contributed by atoms with Gasteiger partial charge in [-0.25, -0.2) is 0 Å². The minimum absolute atomic E-state index is 1.21. The van der Waals surface area contributed by atoms with Gasteiger partial charge in [0.25, 0.3) is 0 Å². The zero-order valence-corrected chi connectivity index (χ0v) is 17.8. The van der Waals surface area contributed by atoms with Gasteiger partial charge in [0.1, 0.15) is 0 Å². The van der Waals surface area contributed by atoms with Crippen LogP contribution < -0.4 is 0 Å². The number of benzene rings is 6. The van der Waals surface area contributed by atoms with Crippen molar-refractivity contribution in [2.45, 2.75) is 6.92 Å². The summed E-state index contributed by atoms with van der Waals surface area (Å²) in [5.74, 6) is 0. The molecule has 6 aromatic carbocycles. The van der Waals surface area contributed by atoms with Crippen LogP contribution in [-0.4, -0.2) is 4.57 Å². The molecule has 1 nitrogen and oxygen atoms in total. The van der Waals surface area contributed by atoms with Crippen LogP contribution in [0.25, 0.3) is 59.8 Å². The van der Waals surface area contributed by atoms with E-state index in [0.717, 1.165) is 0 Å². The van der Waals surface area contributed by atoms with Crippen LogP contribution in [0.2, 0.25) is 0 Å². The molecule has 0 aliphatic carbocycles. The smallest absolute Gasteiger partial charge is 0.0619 e. The molecule has 1 heteroatoms. The Hall–Kier alpha value is -4.10. The van der Waals surface area contributed by atoms with E-state index in [1.54, 1.807) is 0 Å². The maximum absolute atomic E-state index is 2.44. The summed E-state index contributed by atoms with van der Waals surface area (Å²) in [6, 6.07) is 40.0. The maximum Gasteiger partial charge on any atom is 0.0619 e. The van der Waals surface area contributed by atoms with Gasteiger partial charge in [-0.1, -0.05) is 91.0 Å². The van der Waals surface area contributed by atoms with E-state index in [0.29, 0.717) is 0 Å². The molecule has 7 aromatic rings. The topological polar surface area (TPSA) is 4.93 Å². The Morgan fingerprint density at radius 1 is 0.469 bits per heavy atom. The lowest BCUT2D eigenvalue weighted by molar-refractivity contribution is 1.18. The highest BCUT2D eigenvalue weighted by atomic mass is 15.0. The van der Waals surface area contributed by atoms with Crippen molar-refractivity contribution in [1.82, 2.24) is 4.57 Å². The van der Waals surface area contributed by atoms with Gasteiger partial charge in [-0.05, 0) is 57.6 Å². The van der Waals surface area contributed by atoms with Crippen LogP contribution >= 0.6 is 0 Å². The Kier molecular flexibility index (Phi) is 3.54. The molecule has 0 amide bonds. The molecule has 0 N–H and O–H groups in total. The SMILES string of the molecule is Cc1cccc(-n2c3ccccc3c3ccc4c5ccc6ccccc6c5ccc4c32)c1. The van der Waals surface area contributed by atoms with Crippen molar-refractivity contribution >= 4 is 54.1 Å². The zero-order chi connectivity index (χ0) is 21.2. The average Bonchev–Trinajstić information content (AvgIpc) is 3.18. The number of fused-ring (bicyclic) bond motifs is 9. The molecule has 0 unspecified atom stereocenters. The monoisotopic (exact) mass is 407 g/mol. The lowest BCUT2D eigenvalue weighted by Crippen LogP contribution is -1.95. The van der Waals surface area contributed by atoms with E-state index in [1.807, 2.05) is 0 Å². The van der Waals surface area contributed by atoms with Crippen LogP contribution in [0, 0.1) is 6.92 Å². The standard InChI is InChI=1S/C31H21N/c1-20-7-6-9-22(19-20)32-30-12-5-4-11-27(30)29-18-16-26-25-14-13-21-8-2-3-10-23(21)24(25)15-17-28(26)31(29)32/h2-19H,1H3. The first-order valence-electron chi connectivity index (χ1n) is 11.1. The summed E-state index contributed by atoms with van der Waals surface area (Å²) >= 11 is 0. The van der Waals surface area contributed by atoms with Gasteiger partial charge in [-0.2, -0.15) is 0 Å². The summed E-state index contributed by atoms with van der Waals surface area (Å²) in [5.41, 5.74) is 5.01. The summed E-state index contributed by atoms with van der Waals surface area (Å²) in [6.45, 7) is 2.16. The van der Waals surface area contributed by atoms with Crippen molar-refractivity contribution < 1.29 is 0 Å². The second kappa shape index (κ2) is 6.45. The minimum atomic E-state index is 1.21. The molecule has 0 aliphatic heterocycles. The molecule has 150 valence electrons. The van der Waals surface area contributed by atoms with E-state index < -0.39 is 0 Å². The molecule has 0 saturated heterocycles. The molecule has 1 heterocycles. The average molecular weight is 408 g/mol. The summed E-state index contributed by atoms with van der Waals surface area (Å²) < 4.78 is 2.44. The molecule has 0 saturated carbocycles. The van der Waals surface area contributed by atoms with E-state index >= 15 is 0 Å². The Labute approximate surface area is 186 Å². The summed E-state index contributed by atoms with van der Waals surface area (Å²) in [7, 11) is 0. The predicted molar refractivity (Wildman–Crippen MR) is 138 cm³/mol. The first-order valence-corrected chi connectivity index (χ1v) is 11.1. The molecule has 0 fully saturated rings. The van der Waals surface area contributed by atoms with Crippen LogP contribution in [0.3, 0.4) is 0 Å². The number of aryl methyl sites for hydroxylation is 1. The highest BCUT2D eigenvalue weighted by Gasteiger charge is 2.16. The fourth-order valence-electron chi connectivity index (χ4n) is 5.40. The number of hydrogen-bond donors (Lipinski definition) is 0. The third-order valence-corrected chi connectivity index (χ3v) is 6.81. The highest BCUT2D eigenvalue weighted by Crippen LogP contribution is 2.39. The Balaban J connectivity index is 1.71. The van der Waals surface area contributed by atoms with E-state index in [4.69, 9.17) is 0 Å². The van der Waals surface area contributed by atoms with Crippen LogP contribution in [0.15, 0.2) is 109 Å². The van der Waals surface area contributed by atoms with Crippen molar-refractivity contribution in [3.05, 3.63) is 115 Å². The highest BCUT2D eigenvalue weighted by molar-refractivity contribution is 6.25. The molecule has 7 rings (SSSR count). The van der Waals surface area contributed by atoms with Crippen LogP contribution in [0.1, 0.15) is 5.56 Å². The van der Waals surface area contributed by atoms with Gasteiger partial charge in [0.15, 0.2) is 0 Å². The fraction of sp³-hybridized carbons (Fsp3) is 0.0323. The van der Waals surface area contributed by atoms with Crippen LogP contribution in [-0.2, 0) is 0 Å². The molecule has 0 radical (unpaired) electrons. The summed E-state index contributed by atoms with van der Waals surface area (Å²) in [4.78, 5) is 0. The first-order chi connectivity index (χ1) is 15.8. The lowest BCUT2D eigenvalue weighted by atomic mass is 9.96. The van der Waals surface area contributed by atoms with Gasteiger partial charge in [0, 0.05) is 21.8 Å². The van der Waals surface area contributed by atoms with Crippen LogP contribution in [0.5, 0.6) is 0 Å². The minimum Gasteiger partial charge on any atom is -0.309 e. The number of aromatic nitrogens is 1. The van der Waals surface area contributed by atoms with Crippen molar-refractivity contribution in [3.8, 4) is 5.69 Å². The van der Waals surface area contributed by atoms with Gasteiger partial charge >= 0.3 is 0 Å². The molecule has 1 aromatic heterocycles. The quantitative estimate of drug-likeness (QED) is 0.240. The van der Waals surface area contributed by atoms with Gasteiger partial charge in [-0.15, -0.1) is 0 Å². The third-order valence-electron chi connectivity index (χ3n) is 6.81. The van der Waals surface area contributed by atoms with Gasteiger partial charge in [-0.3, -0.25) is 0 Å². The number of hydrogen-bond acceptors (Lipinski definition) is 0. The maximum atomic E-state index is 2.44. The molecule has 0 atom stereocenters. The molecule has 0 aliphatic rings. The van der Waals surface area contributed by atoms with E-state index in [1.165, 1.54) is 65.4 Å². The third kappa shape index (κ3) is 2.34. The van der Waals surface area contributed by atoms with Crippen molar-refractivity contribution in [1.29, 1.82) is 0 Å². The van der Waals surface area contributed by atoms with Crippen molar-refractivity contribution in [3.63, 3.8) is 0 Å². The molecule has 0 spiro atoms. The Morgan fingerprint density at radius 3 is 1.94 bits per heavy atom. The van der Waals surface area contributed by atoms with E-state index in [-0.39, 0.29) is 0 Å². The lowest BCUT2D eigenvalue weighted by Gasteiger charge is -2.12. The van der Waals surface area contributed by atoms with Crippen LogP contribution in [0.4, 0.5) is 0 Å². The zero-order valence-electron chi connectivity index (χ0n) is 17.8. The van der Waals surface area contributed by atoms with Crippen molar-refractivity contribution in [2.75, 3.05) is 0 Å².